The third kappa shape index (κ3) is 28.7. The van der Waals surface area contributed by atoms with Gasteiger partial charge in [0, 0.05) is 21.1 Å². The van der Waals surface area contributed by atoms with Crippen molar-refractivity contribution in [3.05, 3.63) is 3.91 Å². The van der Waals surface area contributed by atoms with Crippen molar-refractivity contribution in [3.8, 4) is 0 Å². The van der Waals surface area contributed by atoms with Gasteiger partial charge in [-0.15, -0.1) is 0 Å². The van der Waals surface area contributed by atoms with Gasteiger partial charge in [-0.05, 0) is 0 Å². The van der Waals surface area contributed by atoms with E-state index in [0.717, 1.165) is 0 Å². The zero-order valence-electron chi connectivity index (χ0n) is 2.12. The summed E-state index contributed by atoms with van der Waals surface area (Å²) in [5.74, 6) is 0. The van der Waals surface area contributed by atoms with Crippen LogP contribution in [0.3, 0.4) is 0 Å². The Balaban J connectivity index is -0.0000000133. The minimum absolute atomic E-state index is 0. The van der Waals surface area contributed by atoms with Crippen molar-refractivity contribution < 1.29 is 60.1 Å². The molecule has 0 spiro atoms. The maximum absolute atomic E-state index is 7.08. The van der Waals surface area contributed by atoms with Gasteiger partial charge < -0.3 is 0 Å². The molecule has 0 aliphatic heterocycles. The van der Waals surface area contributed by atoms with E-state index in [0.29, 0.717) is 39.1 Å². The van der Waals surface area contributed by atoms with Crippen molar-refractivity contribution in [2.75, 3.05) is 0 Å². The molecule has 0 unspecified atom stereocenters. The van der Waals surface area contributed by atoms with Crippen molar-refractivity contribution in [2.24, 2.45) is 0 Å². The molecule has 0 N–H and O–H groups in total. The molecule has 0 radical (unpaired) electrons. The molecule has 0 heterocycles. The van der Waals surface area contributed by atoms with Gasteiger partial charge in [-0.2, -0.15) is 0 Å². The van der Waals surface area contributed by atoms with Gasteiger partial charge in [0.15, 0.2) is 0 Å². The van der Waals surface area contributed by atoms with Crippen LogP contribution in [-0.4, -0.2) is 0 Å². The monoisotopic (exact) mass is 580 g/mol. The Morgan fingerprint density at radius 1 is 1.20 bits per heavy atom. The molecule has 0 aromatic heterocycles. The van der Waals surface area contributed by atoms with Gasteiger partial charge in [-0.1, -0.05) is 0 Å². The first-order valence-electron chi connectivity index (χ1n) is 0.365. The molecule has 5 heteroatoms. The van der Waals surface area contributed by atoms with E-state index < -0.39 is 0 Å². The minimum atomic E-state index is 0. The van der Waals surface area contributed by atoms with Crippen LogP contribution < -0.4 is 0 Å². The van der Waals surface area contributed by atoms with Gasteiger partial charge in [-0.25, -0.2) is 0 Å². The van der Waals surface area contributed by atoms with Crippen LogP contribution in [0, 0.1) is 3.73 Å². The summed E-state index contributed by atoms with van der Waals surface area (Å²) in [6.07, 6.45) is 0. The number of rotatable bonds is 0. The molecule has 0 bridgehead atoms. The van der Waals surface area contributed by atoms with E-state index >= 15 is 0 Å². The molecule has 0 aliphatic carbocycles. The normalized spacial score (nSPS) is 1.20. The van der Waals surface area contributed by atoms with Crippen molar-refractivity contribution in [1.29, 1.82) is 3.73 Å². The van der Waals surface area contributed by atoms with E-state index in [1.807, 2.05) is 0 Å². The summed E-state index contributed by atoms with van der Waals surface area (Å²) in [4.78, 5) is 0. The topological polar surface area (TPSA) is 46.1 Å². The van der Waals surface area contributed by atoms with E-state index in [-0.39, 0.29) is 21.1 Å². The first-order valence-corrected chi connectivity index (χ1v) is 2.99. The van der Waals surface area contributed by atoms with Crippen molar-refractivity contribution in [2.45, 2.75) is 0 Å². The molecular weight excluding hydrogens is 580 g/mol. The Hall–Kier alpha value is 1.57. The zero-order chi connectivity index (χ0) is 4.00. The van der Waals surface area contributed by atoms with Crippen LogP contribution in [0.5, 0.6) is 0 Å². The molecule has 29 valence electrons. The van der Waals surface area contributed by atoms with Crippen LogP contribution in [0.2, 0.25) is 0 Å². The second-order valence-electron chi connectivity index (χ2n) is 0. The molecular formula is N2W3-. The van der Waals surface area contributed by atoms with Crippen LogP contribution in [0.1, 0.15) is 0 Å². The Bertz CT molecular complexity index is 16.1. The molecule has 0 saturated carbocycles. The number of hydrogen-bond acceptors (Lipinski definition) is 1. The predicted octanol–water partition coefficient (Wildman–Crippen LogP) is 0.296. The van der Waals surface area contributed by atoms with Crippen LogP contribution >= 0.6 is 0 Å². The number of nitrogens with zero attached hydrogens (tertiary/aromatic N) is 2. The smallest absolute Gasteiger partial charge is 0 e. The summed E-state index contributed by atoms with van der Waals surface area (Å²) in [6, 6.07) is 0. The quantitative estimate of drug-likeness (QED) is 0.408. The molecule has 0 saturated heterocycles. The van der Waals surface area contributed by atoms with Gasteiger partial charge in [0.05, 0.1) is 0 Å². The average Bonchev–Trinajstić information content (AvgIpc) is 1.50. The summed E-state index contributed by atoms with van der Waals surface area (Å²) < 4.78 is 14.2. The van der Waals surface area contributed by atoms with E-state index in [4.69, 9.17) is 7.64 Å². The number of hydrogen-bond donors (Lipinski definition) is 0. The zero-order valence-corrected chi connectivity index (χ0v) is 10.9. The maximum Gasteiger partial charge on any atom is 0 e. The van der Waals surface area contributed by atoms with Crippen LogP contribution in [0.4, 0.5) is 0 Å². The second kappa shape index (κ2) is 47.0. The average molecular weight is 580 g/mol. The Morgan fingerprint density at radius 3 is 1.20 bits per heavy atom. The first kappa shape index (κ1) is 16.0. The van der Waals surface area contributed by atoms with Gasteiger partial charge in [0.1, 0.15) is 0 Å². The standard InChI is InChI=1S/2N.3W/q;-1;;;. The van der Waals surface area contributed by atoms with Gasteiger partial charge in [0.2, 0.25) is 0 Å². The third-order valence-electron chi connectivity index (χ3n) is 0. The van der Waals surface area contributed by atoms with Crippen LogP contribution in [0.15, 0.2) is 0 Å². The molecule has 0 rings (SSSR count). The molecule has 0 aliphatic rings. The SMILES string of the molecule is [N-]=[W].[N]#[W].[W]. The molecule has 5 heavy (non-hydrogen) atoms. The van der Waals surface area contributed by atoms with E-state index in [1.165, 1.54) is 0 Å². The van der Waals surface area contributed by atoms with Gasteiger partial charge >= 0.3 is 46.7 Å². The second-order valence-corrected chi connectivity index (χ2v) is 0. The minimum Gasteiger partial charge on any atom is 0 e. The predicted molar refractivity (Wildman–Crippen MR) is 5.08 cm³/mol. The largest absolute Gasteiger partial charge is 0 e. The van der Waals surface area contributed by atoms with Crippen LogP contribution in [0.25, 0.3) is 3.91 Å². The Kier molecular flexibility index (Phi) is 150. The fraction of sp³-hybridized carbons (Fsp3) is 0. The Labute approximate surface area is 67.1 Å². The van der Waals surface area contributed by atoms with Crippen molar-refractivity contribution in [1.82, 2.24) is 0 Å². The van der Waals surface area contributed by atoms with Crippen LogP contribution in [-0.2, 0) is 60.1 Å². The van der Waals surface area contributed by atoms with E-state index in [9.17, 15) is 0 Å². The summed E-state index contributed by atoms with van der Waals surface area (Å²) in [5, 5.41) is 0. The van der Waals surface area contributed by atoms with Crippen molar-refractivity contribution >= 4 is 0 Å². The molecule has 0 aromatic rings. The first-order chi connectivity index (χ1) is 2.00. The van der Waals surface area contributed by atoms with Gasteiger partial charge in [0.25, 0.3) is 0 Å². The fourth-order valence-electron chi connectivity index (χ4n) is 0. The summed E-state index contributed by atoms with van der Waals surface area (Å²) in [7, 11) is 0. The molecule has 0 aromatic carbocycles. The van der Waals surface area contributed by atoms with Gasteiger partial charge in [-0.3, -0.25) is 0 Å². The summed E-state index contributed by atoms with van der Waals surface area (Å²) >= 11 is 1.17. The summed E-state index contributed by atoms with van der Waals surface area (Å²) in [5.41, 5.74) is 0. The molecule has 0 fully saturated rings. The Morgan fingerprint density at radius 2 is 1.20 bits per heavy atom. The molecule has 0 atom stereocenters. The third-order valence-corrected chi connectivity index (χ3v) is 0. The molecule has 0 amide bonds. The van der Waals surface area contributed by atoms with E-state index in [2.05, 4.69) is 0 Å². The summed E-state index contributed by atoms with van der Waals surface area (Å²) in [6.45, 7) is 0. The van der Waals surface area contributed by atoms with Crippen molar-refractivity contribution in [3.63, 3.8) is 0 Å². The van der Waals surface area contributed by atoms with E-state index in [1.54, 1.807) is 0 Å². The maximum atomic E-state index is 7.08. The fourth-order valence-corrected chi connectivity index (χ4v) is 0. The molecule has 2 nitrogen and oxygen atoms in total.